The number of aryl methyl sites for hydroxylation is 1. The summed E-state index contributed by atoms with van der Waals surface area (Å²) in [6.07, 6.45) is 2.75. The lowest BCUT2D eigenvalue weighted by atomic mass is 9.81. The molecule has 1 saturated carbocycles. The summed E-state index contributed by atoms with van der Waals surface area (Å²) in [6.45, 7) is 1.79. The highest BCUT2D eigenvalue weighted by Gasteiger charge is 2.31. The molecule has 0 amide bonds. The summed E-state index contributed by atoms with van der Waals surface area (Å²) in [6, 6.07) is 10.5. The van der Waals surface area contributed by atoms with E-state index in [4.69, 9.17) is 4.84 Å². The van der Waals surface area contributed by atoms with Crippen molar-refractivity contribution in [3.8, 4) is 0 Å². The van der Waals surface area contributed by atoms with E-state index in [0.717, 1.165) is 24.5 Å². The van der Waals surface area contributed by atoms with Crippen LogP contribution in [0.15, 0.2) is 47.6 Å². The van der Waals surface area contributed by atoms with E-state index in [1.54, 1.807) is 25.1 Å². The molecule has 1 atom stereocenters. The van der Waals surface area contributed by atoms with E-state index in [9.17, 15) is 25.0 Å². The zero-order chi connectivity index (χ0) is 21.0. The smallest absolute Gasteiger partial charge is 0.313 e. The molecular formula is C20H19N3O6. The first-order valence-corrected chi connectivity index (χ1v) is 9.15. The Labute approximate surface area is 166 Å². The third kappa shape index (κ3) is 4.45. The Bertz CT molecular complexity index is 1000. The Morgan fingerprint density at radius 1 is 1.10 bits per heavy atom. The highest BCUT2D eigenvalue weighted by atomic mass is 16.7. The number of hydrogen-bond acceptors (Lipinski definition) is 7. The lowest BCUT2D eigenvalue weighted by Gasteiger charge is -2.23. The molecule has 0 saturated heterocycles. The number of nitro benzene ring substituents is 2. The van der Waals surface area contributed by atoms with Gasteiger partial charge < -0.3 is 4.84 Å². The SMILES string of the molecule is Cc1ccccc1C(=O)O/N=C1/CCCC[C@H]1c1ccc([N+](=O)[O-])cc1[N+](=O)[O-]. The molecule has 0 bridgehead atoms. The van der Waals surface area contributed by atoms with Crippen molar-refractivity contribution >= 4 is 23.1 Å². The van der Waals surface area contributed by atoms with Gasteiger partial charge in [-0.25, -0.2) is 4.79 Å². The van der Waals surface area contributed by atoms with Crippen molar-refractivity contribution in [3.63, 3.8) is 0 Å². The molecule has 0 spiro atoms. The topological polar surface area (TPSA) is 125 Å². The lowest BCUT2D eigenvalue weighted by Crippen LogP contribution is -2.20. The molecule has 0 aliphatic heterocycles. The zero-order valence-electron chi connectivity index (χ0n) is 15.7. The van der Waals surface area contributed by atoms with Crippen molar-refractivity contribution in [2.24, 2.45) is 5.16 Å². The molecule has 1 aliphatic rings. The van der Waals surface area contributed by atoms with Crippen LogP contribution >= 0.6 is 0 Å². The van der Waals surface area contributed by atoms with Crippen LogP contribution in [-0.4, -0.2) is 21.5 Å². The number of hydrogen-bond donors (Lipinski definition) is 0. The molecule has 0 unspecified atom stereocenters. The molecule has 29 heavy (non-hydrogen) atoms. The molecule has 9 nitrogen and oxygen atoms in total. The molecule has 1 aliphatic carbocycles. The fourth-order valence-electron chi connectivity index (χ4n) is 3.49. The van der Waals surface area contributed by atoms with E-state index >= 15 is 0 Å². The number of benzene rings is 2. The van der Waals surface area contributed by atoms with E-state index < -0.39 is 21.7 Å². The molecule has 2 aromatic rings. The van der Waals surface area contributed by atoms with Gasteiger partial charge in [0.15, 0.2) is 0 Å². The van der Waals surface area contributed by atoms with Gasteiger partial charge in [0.05, 0.1) is 27.2 Å². The minimum atomic E-state index is -0.670. The fourth-order valence-corrected chi connectivity index (χ4v) is 3.49. The van der Waals surface area contributed by atoms with Crippen LogP contribution in [0.4, 0.5) is 11.4 Å². The van der Waals surface area contributed by atoms with Crippen molar-refractivity contribution in [3.05, 3.63) is 79.4 Å². The van der Waals surface area contributed by atoms with E-state index in [-0.39, 0.29) is 11.4 Å². The summed E-state index contributed by atoms with van der Waals surface area (Å²) in [5.41, 5.74) is 1.33. The van der Waals surface area contributed by atoms with Gasteiger partial charge in [-0.2, -0.15) is 0 Å². The van der Waals surface area contributed by atoms with Crippen LogP contribution in [-0.2, 0) is 4.84 Å². The maximum atomic E-state index is 12.3. The van der Waals surface area contributed by atoms with E-state index in [2.05, 4.69) is 5.16 Å². The van der Waals surface area contributed by atoms with Gasteiger partial charge in [-0.3, -0.25) is 20.2 Å². The molecule has 0 aromatic heterocycles. The molecule has 0 radical (unpaired) electrons. The fraction of sp³-hybridized carbons (Fsp3) is 0.300. The Hall–Kier alpha value is -3.62. The zero-order valence-corrected chi connectivity index (χ0v) is 15.7. The molecule has 9 heteroatoms. The van der Waals surface area contributed by atoms with Crippen molar-refractivity contribution in [2.45, 2.75) is 38.5 Å². The highest BCUT2D eigenvalue weighted by molar-refractivity contribution is 5.94. The maximum absolute atomic E-state index is 12.3. The minimum absolute atomic E-state index is 0.330. The number of rotatable bonds is 5. The molecule has 0 N–H and O–H groups in total. The Morgan fingerprint density at radius 3 is 2.55 bits per heavy atom. The van der Waals surface area contributed by atoms with Gasteiger partial charge in [0.2, 0.25) is 0 Å². The summed E-state index contributed by atoms with van der Waals surface area (Å²) in [4.78, 5) is 38.6. The summed E-state index contributed by atoms with van der Waals surface area (Å²) >= 11 is 0. The van der Waals surface area contributed by atoms with Crippen molar-refractivity contribution < 1.29 is 19.5 Å². The average Bonchev–Trinajstić information content (AvgIpc) is 2.72. The first kappa shape index (κ1) is 20.1. The molecule has 150 valence electrons. The van der Waals surface area contributed by atoms with Gasteiger partial charge in [-0.05, 0) is 43.9 Å². The summed E-state index contributed by atoms with van der Waals surface area (Å²) < 4.78 is 0. The van der Waals surface area contributed by atoms with Crippen LogP contribution in [0.1, 0.15) is 53.1 Å². The average molecular weight is 397 g/mol. The van der Waals surface area contributed by atoms with Gasteiger partial charge in [-0.15, -0.1) is 0 Å². The molecule has 2 aromatic carbocycles. The minimum Gasteiger partial charge on any atom is -0.313 e. The largest absolute Gasteiger partial charge is 0.365 e. The maximum Gasteiger partial charge on any atom is 0.365 e. The summed E-state index contributed by atoms with van der Waals surface area (Å²) in [5, 5.41) is 26.5. The predicted octanol–water partition coefficient (Wildman–Crippen LogP) is 4.68. The number of oxime groups is 1. The van der Waals surface area contributed by atoms with Crippen molar-refractivity contribution in [1.82, 2.24) is 0 Å². The quantitative estimate of drug-likeness (QED) is 0.410. The Balaban J connectivity index is 1.91. The second kappa shape index (κ2) is 8.59. The van der Waals surface area contributed by atoms with E-state index in [0.29, 0.717) is 29.7 Å². The summed E-state index contributed by atoms with van der Waals surface area (Å²) in [5.74, 6) is -1.03. The lowest BCUT2D eigenvalue weighted by molar-refractivity contribution is -0.394. The molecule has 0 heterocycles. The highest BCUT2D eigenvalue weighted by Crippen LogP contribution is 2.37. The van der Waals surface area contributed by atoms with Crippen LogP contribution in [0.5, 0.6) is 0 Å². The van der Waals surface area contributed by atoms with Crippen LogP contribution in [0.3, 0.4) is 0 Å². The van der Waals surface area contributed by atoms with Gasteiger partial charge in [-0.1, -0.05) is 29.8 Å². The normalized spacial score (nSPS) is 17.7. The first-order chi connectivity index (χ1) is 13.9. The second-order valence-corrected chi connectivity index (χ2v) is 6.83. The van der Waals surface area contributed by atoms with Crippen LogP contribution in [0.2, 0.25) is 0 Å². The third-order valence-corrected chi connectivity index (χ3v) is 4.99. The number of carbonyl (C=O) groups excluding carboxylic acids is 1. The predicted molar refractivity (Wildman–Crippen MR) is 105 cm³/mol. The van der Waals surface area contributed by atoms with Crippen molar-refractivity contribution in [2.75, 3.05) is 0 Å². The molecular weight excluding hydrogens is 378 g/mol. The van der Waals surface area contributed by atoms with E-state index in [1.807, 2.05) is 6.07 Å². The number of carbonyl (C=O) groups is 1. The van der Waals surface area contributed by atoms with E-state index in [1.165, 1.54) is 12.1 Å². The Kier molecular flexibility index (Phi) is 5.96. The first-order valence-electron chi connectivity index (χ1n) is 9.15. The van der Waals surface area contributed by atoms with Gasteiger partial charge in [0.25, 0.3) is 11.4 Å². The third-order valence-electron chi connectivity index (χ3n) is 4.99. The number of nitrogens with zero attached hydrogens (tertiary/aromatic N) is 3. The van der Waals surface area contributed by atoms with Crippen LogP contribution in [0.25, 0.3) is 0 Å². The van der Waals surface area contributed by atoms with Gasteiger partial charge in [0, 0.05) is 17.5 Å². The standard InChI is InChI=1S/C20H19N3O6/c1-13-6-2-3-7-15(13)20(24)29-21-18-9-5-4-8-16(18)17-11-10-14(22(25)26)12-19(17)23(27)28/h2-3,6-7,10-12,16H,4-5,8-9H2,1H3/b21-18-/t16-/m0/s1. The number of non-ortho nitro benzene ring substituents is 1. The van der Waals surface area contributed by atoms with Crippen LogP contribution in [0, 0.1) is 27.2 Å². The van der Waals surface area contributed by atoms with Gasteiger partial charge >= 0.3 is 5.97 Å². The van der Waals surface area contributed by atoms with Crippen molar-refractivity contribution in [1.29, 1.82) is 0 Å². The monoisotopic (exact) mass is 397 g/mol. The number of nitro groups is 2. The molecule has 1 fully saturated rings. The Morgan fingerprint density at radius 2 is 1.86 bits per heavy atom. The molecule has 3 rings (SSSR count). The van der Waals surface area contributed by atoms with Crippen LogP contribution < -0.4 is 0 Å². The summed E-state index contributed by atoms with van der Waals surface area (Å²) in [7, 11) is 0. The van der Waals surface area contributed by atoms with Gasteiger partial charge in [0.1, 0.15) is 0 Å². The second-order valence-electron chi connectivity index (χ2n) is 6.83.